The highest BCUT2D eigenvalue weighted by Crippen LogP contribution is 2.20. The maximum absolute atomic E-state index is 12.2. The third-order valence-electron chi connectivity index (χ3n) is 3.61. The van der Waals surface area contributed by atoms with Crippen molar-refractivity contribution < 1.29 is 4.79 Å². The lowest BCUT2D eigenvalue weighted by molar-refractivity contribution is -0.121. The Balaban J connectivity index is 1.80. The third-order valence-corrected chi connectivity index (χ3v) is 4.33. The Bertz CT molecular complexity index is 487. The molecule has 1 saturated heterocycles. The van der Waals surface area contributed by atoms with Crippen LogP contribution in [0.3, 0.4) is 0 Å². The van der Waals surface area contributed by atoms with Crippen LogP contribution in [0.2, 0.25) is 0 Å². The highest BCUT2D eigenvalue weighted by molar-refractivity contribution is 14.1. The van der Waals surface area contributed by atoms with Crippen LogP contribution in [0.15, 0.2) is 24.3 Å². The standard InChI is InChI=1S/C15H18IN3O/c16-13-2-4-14(5-3-13)18-15(20)12-6-10-19(11-7-12)9-1-8-17/h2-5,12H,1,6-7,9-11H2,(H,18,20). The number of likely N-dealkylation sites (tertiary alicyclic amines) is 1. The molecule has 2 rings (SSSR count). The number of anilines is 1. The molecular weight excluding hydrogens is 365 g/mol. The van der Waals surface area contributed by atoms with Crippen molar-refractivity contribution in [3.8, 4) is 6.07 Å². The normalized spacial score (nSPS) is 16.6. The van der Waals surface area contributed by atoms with E-state index < -0.39 is 0 Å². The van der Waals surface area contributed by atoms with Crippen molar-refractivity contribution in [1.82, 2.24) is 4.90 Å². The summed E-state index contributed by atoms with van der Waals surface area (Å²) in [6.07, 6.45) is 2.32. The quantitative estimate of drug-likeness (QED) is 0.814. The number of hydrogen-bond acceptors (Lipinski definition) is 3. The molecule has 1 amide bonds. The number of benzene rings is 1. The Labute approximate surface area is 133 Å². The third kappa shape index (κ3) is 4.46. The number of halogens is 1. The van der Waals surface area contributed by atoms with Gasteiger partial charge in [0.15, 0.2) is 0 Å². The highest BCUT2D eigenvalue weighted by atomic mass is 127. The second-order valence-electron chi connectivity index (χ2n) is 5.02. The van der Waals surface area contributed by atoms with E-state index >= 15 is 0 Å². The number of carbonyl (C=O) groups excluding carboxylic acids is 1. The van der Waals surface area contributed by atoms with Crippen LogP contribution in [-0.2, 0) is 4.79 Å². The van der Waals surface area contributed by atoms with Gasteiger partial charge in [-0.2, -0.15) is 5.26 Å². The lowest BCUT2D eigenvalue weighted by atomic mass is 9.95. The van der Waals surface area contributed by atoms with E-state index in [2.05, 4.69) is 38.9 Å². The molecule has 0 radical (unpaired) electrons. The number of amides is 1. The van der Waals surface area contributed by atoms with Gasteiger partial charge in [0.1, 0.15) is 0 Å². The van der Waals surface area contributed by atoms with Crippen LogP contribution in [0.1, 0.15) is 19.3 Å². The molecular formula is C15H18IN3O. The summed E-state index contributed by atoms with van der Waals surface area (Å²) in [6.45, 7) is 2.64. The minimum Gasteiger partial charge on any atom is -0.326 e. The van der Waals surface area contributed by atoms with Gasteiger partial charge in [0.05, 0.1) is 6.07 Å². The SMILES string of the molecule is N#CCCN1CCC(C(=O)Nc2ccc(I)cc2)CC1. The predicted octanol–water partition coefficient (Wildman–Crippen LogP) is 2.86. The Morgan fingerprint density at radius 3 is 2.60 bits per heavy atom. The second kappa shape index (κ2) is 7.60. The van der Waals surface area contributed by atoms with Crippen LogP contribution >= 0.6 is 22.6 Å². The van der Waals surface area contributed by atoms with Crippen molar-refractivity contribution in [2.75, 3.05) is 25.0 Å². The number of rotatable bonds is 4. The lowest BCUT2D eigenvalue weighted by Crippen LogP contribution is -2.38. The van der Waals surface area contributed by atoms with Crippen LogP contribution in [0.4, 0.5) is 5.69 Å². The monoisotopic (exact) mass is 383 g/mol. The molecule has 0 unspecified atom stereocenters. The van der Waals surface area contributed by atoms with Crippen LogP contribution in [-0.4, -0.2) is 30.4 Å². The fourth-order valence-corrected chi connectivity index (χ4v) is 2.76. The average molecular weight is 383 g/mol. The summed E-state index contributed by atoms with van der Waals surface area (Å²) in [5, 5.41) is 11.6. The Morgan fingerprint density at radius 1 is 1.35 bits per heavy atom. The topological polar surface area (TPSA) is 56.1 Å². The second-order valence-corrected chi connectivity index (χ2v) is 6.27. The van der Waals surface area contributed by atoms with E-state index in [9.17, 15) is 4.79 Å². The van der Waals surface area contributed by atoms with Gasteiger partial charge >= 0.3 is 0 Å². The van der Waals surface area contributed by atoms with Crippen molar-refractivity contribution >= 4 is 34.2 Å². The van der Waals surface area contributed by atoms with E-state index in [1.54, 1.807) is 0 Å². The zero-order chi connectivity index (χ0) is 14.4. The van der Waals surface area contributed by atoms with E-state index in [4.69, 9.17) is 5.26 Å². The smallest absolute Gasteiger partial charge is 0.227 e. The summed E-state index contributed by atoms with van der Waals surface area (Å²) >= 11 is 2.25. The summed E-state index contributed by atoms with van der Waals surface area (Å²) in [5.41, 5.74) is 0.863. The first-order valence-corrected chi connectivity index (χ1v) is 7.92. The molecule has 5 heteroatoms. The number of nitrogens with zero attached hydrogens (tertiary/aromatic N) is 2. The van der Waals surface area contributed by atoms with Crippen molar-refractivity contribution in [3.63, 3.8) is 0 Å². The van der Waals surface area contributed by atoms with E-state index in [0.29, 0.717) is 6.42 Å². The number of hydrogen-bond donors (Lipinski definition) is 1. The zero-order valence-electron chi connectivity index (χ0n) is 11.3. The molecule has 0 bridgehead atoms. The molecule has 1 aliphatic heterocycles. The van der Waals surface area contributed by atoms with E-state index in [-0.39, 0.29) is 11.8 Å². The minimum absolute atomic E-state index is 0.0904. The molecule has 1 aromatic carbocycles. The first kappa shape index (κ1) is 15.3. The van der Waals surface area contributed by atoms with Crippen molar-refractivity contribution in [2.24, 2.45) is 5.92 Å². The van der Waals surface area contributed by atoms with Gasteiger partial charge in [-0.15, -0.1) is 0 Å². The van der Waals surface area contributed by atoms with Crippen molar-refractivity contribution in [1.29, 1.82) is 5.26 Å². The first-order valence-electron chi connectivity index (χ1n) is 6.85. The molecule has 1 fully saturated rings. The van der Waals surface area contributed by atoms with Gasteiger partial charge in [-0.3, -0.25) is 4.79 Å². The molecule has 0 spiro atoms. The molecule has 1 aromatic rings. The van der Waals surface area contributed by atoms with Crippen LogP contribution < -0.4 is 5.32 Å². The fraction of sp³-hybridized carbons (Fsp3) is 0.467. The van der Waals surface area contributed by atoms with E-state index in [1.165, 1.54) is 0 Å². The minimum atomic E-state index is 0.0904. The maximum atomic E-state index is 12.2. The van der Waals surface area contributed by atoms with Gasteiger partial charge in [0.2, 0.25) is 5.91 Å². The summed E-state index contributed by atoms with van der Waals surface area (Å²) in [4.78, 5) is 14.5. The largest absolute Gasteiger partial charge is 0.326 e. The number of carbonyl (C=O) groups is 1. The van der Waals surface area contributed by atoms with E-state index in [0.717, 1.165) is 41.7 Å². The summed E-state index contributed by atoms with van der Waals surface area (Å²) < 4.78 is 1.16. The maximum Gasteiger partial charge on any atom is 0.227 e. The Hall–Kier alpha value is -1.13. The Morgan fingerprint density at radius 2 is 2.00 bits per heavy atom. The summed E-state index contributed by atoms with van der Waals surface area (Å²) in [5.74, 6) is 0.207. The molecule has 1 N–H and O–H groups in total. The molecule has 106 valence electrons. The van der Waals surface area contributed by atoms with Gasteiger partial charge < -0.3 is 10.2 Å². The molecule has 1 heterocycles. The Kier molecular flexibility index (Phi) is 5.80. The zero-order valence-corrected chi connectivity index (χ0v) is 13.5. The highest BCUT2D eigenvalue weighted by Gasteiger charge is 2.24. The molecule has 4 nitrogen and oxygen atoms in total. The van der Waals surface area contributed by atoms with Gasteiger partial charge in [0.25, 0.3) is 0 Å². The number of piperidine rings is 1. The molecule has 1 aliphatic rings. The van der Waals surface area contributed by atoms with E-state index in [1.807, 2.05) is 24.3 Å². The predicted molar refractivity (Wildman–Crippen MR) is 87.2 cm³/mol. The van der Waals surface area contributed by atoms with Gasteiger partial charge in [-0.25, -0.2) is 0 Å². The molecule has 20 heavy (non-hydrogen) atoms. The number of nitriles is 1. The van der Waals surface area contributed by atoms with Gasteiger partial charge in [-0.1, -0.05) is 0 Å². The molecule has 0 saturated carbocycles. The summed E-state index contributed by atoms with van der Waals surface area (Å²) in [6, 6.07) is 10.0. The van der Waals surface area contributed by atoms with Crippen LogP contribution in [0.25, 0.3) is 0 Å². The van der Waals surface area contributed by atoms with Crippen molar-refractivity contribution in [3.05, 3.63) is 27.8 Å². The molecule has 0 aromatic heterocycles. The van der Waals surface area contributed by atoms with Crippen LogP contribution in [0.5, 0.6) is 0 Å². The van der Waals surface area contributed by atoms with Crippen LogP contribution in [0, 0.1) is 20.8 Å². The molecule has 0 aliphatic carbocycles. The molecule has 0 atom stereocenters. The summed E-state index contributed by atoms with van der Waals surface area (Å²) in [7, 11) is 0. The van der Waals surface area contributed by atoms with Gasteiger partial charge in [0, 0.05) is 28.1 Å². The average Bonchev–Trinajstić information content (AvgIpc) is 2.48. The lowest BCUT2D eigenvalue weighted by Gasteiger charge is -2.30. The van der Waals surface area contributed by atoms with Gasteiger partial charge in [-0.05, 0) is 72.8 Å². The number of nitrogens with one attached hydrogen (secondary N) is 1. The first-order chi connectivity index (χ1) is 9.69. The fourth-order valence-electron chi connectivity index (χ4n) is 2.40. The van der Waals surface area contributed by atoms with Crippen molar-refractivity contribution in [2.45, 2.75) is 19.3 Å².